The topological polar surface area (TPSA) is 85.4 Å². The van der Waals surface area contributed by atoms with E-state index in [2.05, 4.69) is 33.3 Å². The molecule has 6 nitrogen and oxygen atoms in total. The molecular formula is C23H19F3N6. The number of alkyl halides is 3. The van der Waals surface area contributed by atoms with Crippen molar-refractivity contribution in [3.8, 4) is 11.4 Å². The number of aromatic amines is 1. The first-order chi connectivity index (χ1) is 15.2. The van der Waals surface area contributed by atoms with Crippen molar-refractivity contribution in [2.24, 2.45) is 7.05 Å². The highest BCUT2D eigenvalue weighted by Crippen LogP contribution is 2.39. The van der Waals surface area contributed by atoms with Crippen LogP contribution in [0.15, 0.2) is 68.0 Å². The normalized spacial score (nSPS) is 12.6. The molecular weight excluding hydrogens is 417 g/mol. The summed E-state index contributed by atoms with van der Waals surface area (Å²) in [6.45, 7) is 7.79. The van der Waals surface area contributed by atoms with E-state index in [1.807, 2.05) is 19.2 Å². The minimum atomic E-state index is -4.62. The van der Waals surface area contributed by atoms with Crippen LogP contribution in [0.4, 0.5) is 18.9 Å². The van der Waals surface area contributed by atoms with Crippen LogP contribution in [0.2, 0.25) is 0 Å². The van der Waals surface area contributed by atoms with Crippen LogP contribution in [0.5, 0.6) is 0 Å². The predicted octanol–water partition coefficient (Wildman–Crippen LogP) is 5.24. The lowest BCUT2D eigenvalue weighted by atomic mass is 9.97. The molecule has 2 heterocycles. The third-order valence-corrected chi connectivity index (χ3v) is 5.07. The maximum atomic E-state index is 13.5. The molecule has 0 aliphatic carbocycles. The summed E-state index contributed by atoms with van der Waals surface area (Å²) in [4.78, 5) is 7.18. The summed E-state index contributed by atoms with van der Waals surface area (Å²) in [6, 6.07) is 9.93. The molecule has 4 aromatic rings. The van der Waals surface area contributed by atoms with Crippen LogP contribution < -0.4 is 5.73 Å². The van der Waals surface area contributed by atoms with Gasteiger partial charge in [0.25, 0.3) is 0 Å². The lowest BCUT2D eigenvalue weighted by molar-refractivity contribution is -0.135. The van der Waals surface area contributed by atoms with E-state index < -0.39 is 11.7 Å². The SMILES string of the molecule is C=C/C(=C(\C=C)c1nncn1C)c1cccc(-c2nc3c(C(F)(F)F)c(N)ccc3[nH]2)c1. The largest absolute Gasteiger partial charge is 0.420 e. The van der Waals surface area contributed by atoms with Crippen molar-refractivity contribution in [1.82, 2.24) is 24.7 Å². The third-order valence-electron chi connectivity index (χ3n) is 5.07. The molecule has 0 spiro atoms. The Bertz CT molecular complexity index is 1370. The first-order valence-corrected chi connectivity index (χ1v) is 9.54. The average Bonchev–Trinajstić information content (AvgIpc) is 3.37. The Balaban J connectivity index is 1.87. The number of fused-ring (bicyclic) bond motifs is 1. The number of aryl methyl sites for hydroxylation is 1. The van der Waals surface area contributed by atoms with Crippen LogP contribution in [0, 0.1) is 0 Å². The van der Waals surface area contributed by atoms with E-state index in [1.54, 1.807) is 35.2 Å². The fourth-order valence-corrected chi connectivity index (χ4v) is 3.59. The number of allylic oxidation sites excluding steroid dienone is 4. The van der Waals surface area contributed by atoms with Gasteiger partial charge in [-0.25, -0.2) is 4.98 Å². The van der Waals surface area contributed by atoms with Gasteiger partial charge in [-0.15, -0.1) is 10.2 Å². The van der Waals surface area contributed by atoms with Crippen molar-refractivity contribution in [3.63, 3.8) is 0 Å². The Morgan fingerprint density at radius 3 is 2.50 bits per heavy atom. The summed E-state index contributed by atoms with van der Waals surface area (Å²) < 4.78 is 42.3. The number of nitrogen functional groups attached to an aromatic ring is 1. The number of aromatic nitrogens is 5. The number of nitrogens with two attached hydrogens (primary N) is 1. The zero-order valence-corrected chi connectivity index (χ0v) is 17.1. The molecule has 2 aromatic carbocycles. The van der Waals surface area contributed by atoms with Gasteiger partial charge in [0, 0.05) is 23.9 Å². The van der Waals surface area contributed by atoms with E-state index in [0.29, 0.717) is 22.8 Å². The van der Waals surface area contributed by atoms with Crippen LogP contribution in [0.25, 0.3) is 33.6 Å². The number of halogens is 3. The first-order valence-electron chi connectivity index (χ1n) is 9.54. The molecule has 32 heavy (non-hydrogen) atoms. The number of H-pyrrole nitrogens is 1. The Morgan fingerprint density at radius 1 is 1.12 bits per heavy atom. The van der Waals surface area contributed by atoms with Gasteiger partial charge >= 0.3 is 6.18 Å². The van der Waals surface area contributed by atoms with Crippen molar-refractivity contribution in [1.29, 1.82) is 0 Å². The number of imidazole rings is 1. The van der Waals surface area contributed by atoms with E-state index in [4.69, 9.17) is 5.73 Å². The maximum absolute atomic E-state index is 13.5. The smallest absolute Gasteiger partial charge is 0.398 e. The van der Waals surface area contributed by atoms with Gasteiger partial charge in [-0.1, -0.05) is 43.5 Å². The highest BCUT2D eigenvalue weighted by Gasteiger charge is 2.36. The molecule has 0 radical (unpaired) electrons. The summed E-state index contributed by atoms with van der Waals surface area (Å²) in [7, 11) is 1.81. The van der Waals surface area contributed by atoms with E-state index in [-0.39, 0.29) is 16.7 Å². The number of rotatable bonds is 5. The van der Waals surface area contributed by atoms with E-state index >= 15 is 0 Å². The lowest BCUT2D eigenvalue weighted by Crippen LogP contribution is -2.09. The molecule has 3 N–H and O–H groups in total. The number of benzene rings is 2. The zero-order chi connectivity index (χ0) is 23.0. The predicted molar refractivity (Wildman–Crippen MR) is 119 cm³/mol. The second-order valence-electron chi connectivity index (χ2n) is 7.09. The van der Waals surface area contributed by atoms with Gasteiger partial charge in [-0.05, 0) is 29.3 Å². The van der Waals surface area contributed by atoms with E-state index in [0.717, 1.165) is 11.1 Å². The van der Waals surface area contributed by atoms with Crippen LogP contribution in [0.1, 0.15) is 17.0 Å². The number of nitrogens with one attached hydrogen (secondary N) is 1. The van der Waals surface area contributed by atoms with Crippen molar-refractivity contribution in [2.75, 3.05) is 5.73 Å². The van der Waals surface area contributed by atoms with Crippen molar-refractivity contribution < 1.29 is 13.2 Å². The van der Waals surface area contributed by atoms with Crippen molar-refractivity contribution in [2.45, 2.75) is 6.18 Å². The Hall–Kier alpha value is -4.14. The van der Waals surface area contributed by atoms with Crippen LogP contribution >= 0.6 is 0 Å². The molecule has 0 saturated carbocycles. The van der Waals surface area contributed by atoms with Gasteiger partial charge in [0.2, 0.25) is 0 Å². The maximum Gasteiger partial charge on any atom is 0.420 e. The third kappa shape index (κ3) is 3.58. The van der Waals surface area contributed by atoms with Gasteiger partial charge in [0.1, 0.15) is 23.2 Å². The van der Waals surface area contributed by atoms with Crippen LogP contribution in [-0.4, -0.2) is 24.7 Å². The van der Waals surface area contributed by atoms with Gasteiger partial charge in [0.05, 0.1) is 5.52 Å². The van der Waals surface area contributed by atoms with Gasteiger partial charge in [-0.2, -0.15) is 13.2 Å². The number of anilines is 1. The lowest BCUT2D eigenvalue weighted by Gasteiger charge is -2.10. The second-order valence-corrected chi connectivity index (χ2v) is 7.09. The fraction of sp³-hybridized carbons (Fsp3) is 0.0870. The molecule has 0 unspecified atom stereocenters. The molecule has 0 saturated heterocycles. The summed E-state index contributed by atoms with van der Waals surface area (Å²) in [5, 5.41) is 8.04. The molecule has 162 valence electrons. The number of hydrogen-bond donors (Lipinski definition) is 2. The van der Waals surface area contributed by atoms with Crippen LogP contribution in [-0.2, 0) is 13.2 Å². The minimum absolute atomic E-state index is 0.219. The highest BCUT2D eigenvalue weighted by molar-refractivity contribution is 5.98. The molecule has 0 amide bonds. The van der Waals surface area contributed by atoms with Crippen molar-refractivity contribution in [3.05, 3.63) is 85.0 Å². The average molecular weight is 436 g/mol. The zero-order valence-electron chi connectivity index (χ0n) is 17.1. The summed E-state index contributed by atoms with van der Waals surface area (Å²) >= 11 is 0. The molecule has 2 aromatic heterocycles. The molecule has 9 heteroatoms. The molecule has 0 fully saturated rings. The van der Waals surface area contributed by atoms with Crippen LogP contribution in [0.3, 0.4) is 0 Å². The van der Waals surface area contributed by atoms with E-state index in [9.17, 15) is 13.2 Å². The second kappa shape index (κ2) is 7.84. The minimum Gasteiger partial charge on any atom is -0.398 e. The number of nitrogens with zero attached hydrogens (tertiary/aromatic N) is 4. The fourth-order valence-electron chi connectivity index (χ4n) is 3.59. The monoisotopic (exact) mass is 436 g/mol. The standard InChI is InChI=1S/C23H19F3N6/c1-4-15(16(5-2)22-31-28-12-32(22)3)13-7-6-8-14(11-13)21-29-18-10-9-17(27)19(20(18)30-21)23(24,25)26/h4-12H,1-2,27H2,3H3,(H,29,30)/b16-15-. The first kappa shape index (κ1) is 21.1. The Morgan fingerprint density at radius 2 is 1.88 bits per heavy atom. The summed E-state index contributed by atoms with van der Waals surface area (Å²) in [5.74, 6) is 0.898. The summed E-state index contributed by atoms with van der Waals surface area (Å²) in [6.07, 6.45) is 0.291. The quantitative estimate of drug-likeness (QED) is 0.331. The molecule has 0 aliphatic rings. The van der Waals surface area contributed by atoms with Gasteiger partial charge < -0.3 is 15.3 Å². The van der Waals surface area contributed by atoms with E-state index in [1.165, 1.54) is 12.1 Å². The Kier molecular flexibility index (Phi) is 5.17. The van der Waals surface area contributed by atoms with Gasteiger partial charge in [0.15, 0.2) is 5.82 Å². The highest BCUT2D eigenvalue weighted by atomic mass is 19.4. The molecule has 0 aliphatic heterocycles. The number of hydrogen-bond acceptors (Lipinski definition) is 4. The molecule has 0 bridgehead atoms. The molecule has 4 rings (SSSR count). The Labute approximate surface area is 181 Å². The van der Waals surface area contributed by atoms with Gasteiger partial charge in [-0.3, -0.25) is 0 Å². The molecule has 0 atom stereocenters. The summed E-state index contributed by atoms with van der Waals surface area (Å²) in [5.41, 5.74) is 7.14. The van der Waals surface area contributed by atoms with Crippen molar-refractivity contribution >= 4 is 27.9 Å².